The van der Waals surface area contributed by atoms with Crippen LogP contribution in [0.25, 0.3) is 0 Å². The summed E-state index contributed by atoms with van der Waals surface area (Å²) in [6.07, 6.45) is 0. The molecule has 112 valence electrons. The first-order chi connectivity index (χ1) is 10.0. The minimum atomic E-state index is -0.0802. The van der Waals surface area contributed by atoms with Gasteiger partial charge in [-0.3, -0.25) is 4.79 Å². The summed E-state index contributed by atoms with van der Waals surface area (Å²) in [5, 5.41) is 6.10. The molecule has 2 aromatic rings. The number of amides is 1. The van der Waals surface area contributed by atoms with Gasteiger partial charge in [0.2, 0.25) is 0 Å². The van der Waals surface area contributed by atoms with E-state index >= 15 is 0 Å². The van der Waals surface area contributed by atoms with Crippen molar-refractivity contribution in [2.75, 3.05) is 17.6 Å². The molecule has 0 spiro atoms. The Balaban J connectivity index is 2.11. The molecule has 0 fully saturated rings. The number of benzene rings is 1. The molecule has 0 aliphatic heterocycles. The zero-order chi connectivity index (χ0) is 15.4. The minimum absolute atomic E-state index is 0.0802. The molecule has 0 saturated carbocycles. The smallest absolute Gasteiger partial charge is 0.251 e. The van der Waals surface area contributed by atoms with Crippen molar-refractivity contribution in [1.82, 2.24) is 5.32 Å². The van der Waals surface area contributed by atoms with Gasteiger partial charge < -0.3 is 16.4 Å². The third kappa shape index (κ3) is 3.76. The molecule has 21 heavy (non-hydrogen) atoms. The Morgan fingerprint density at radius 2 is 2.05 bits per heavy atom. The van der Waals surface area contributed by atoms with Crippen LogP contribution in [0.1, 0.15) is 32.6 Å². The zero-order valence-electron chi connectivity index (χ0n) is 12.6. The highest BCUT2D eigenvalue weighted by Gasteiger charge is 2.08. The van der Waals surface area contributed by atoms with Crippen LogP contribution in [0.2, 0.25) is 0 Å². The molecule has 0 atom stereocenters. The normalized spacial score (nSPS) is 10.4. The van der Waals surface area contributed by atoms with Gasteiger partial charge in [-0.2, -0.15) is 0 Å². The fourth-order valence-electron chi connectivity index (χ4n) is 2.03. The molecule has 0 aliphatic carbocycles. The second-order valence-electron chi connectivity index (χ2n) is 4.97. The fraction of sp³-hybridized carbons (Fsp3) is 0.312. The number of hydrogen-bond acceptors (Lipinski definition) is 4. The second kappa shape index (κ2) is 6.63. The number of anilines is 2. The maximum Gasteiger partial charge on any atom is 0.251 e. The van der Waals surface area contributed by atoms with Gasteiger partial charge in [0.1, 0.15) is 0 Å². The number of nitrogens with two attached hydrogens (primary N) is 1. The molecule has 4 N–H and O–H groups in total. The lowest BCUT2D eigenvalue weighted by Gasteiger charge is -2.10. The van der Waals surface area contributed by atoms with Gasteiger partial charge in [-0.05, 0) is 50.6 Å². The Bertz CT molecular complexity index is 629. The molecule has 0 radical (unpaired) electrons. The molecule has 1 heterocycles. The van der Waals surface area contributed by atoms with E-state index in [1.807, 2.05) is 6.92 Å². The molecule has 1 aromatic carbocycles. The highest BCUT2D eigenvalue weighted by molar-refractivity contribution is 7.12. The van der Waals surface area contributed by atoms with Crippen LogP contribution in [0.3, 0.4) is 0 Å². The van der Waals surface area contributed by atoms with E-state index in [4.69, 9.17) is 5.73 Å². The number of nitrogens with one attached hydrogen (secondary N) is 2. The Kier molecular flexibility index (Phi) is 4.85. The van der Waals surface area contributed by atoms with E-state index < -0.39 is 0 Å². The van der Waals surface area contributed by atoms with Crippen molar-refractivity contribution in [3.05, 3.63) is 45.1 Å². The summed E-state index contributed by atoms with van der Waals surface area (Å²) in [6, 6.07) is 7.48. The lowest BCUT2D eigenvalue weighted by Crippen LogP contribution is -2.22. The molecule has 5 heteroatoms. The maximum absolute atomic E-state index is 11.9. The van der Waals surface area contributed by atoms with Crippen molar-refractivity contribution in [3.63, 3.8) is 0 Å². The van der Waals surface area contributed by atoms with Crippen molar-refractivity contribution in [1.29, 1.82) is 0 Å². The third-order valence-electron chi connectivity index (χ3n) is 3.32. The molecular formula is C16H21N3OS. The lowest BCUT2D eigenvalue weighted by molar-refractivity contribution is 0.0956. The Labute approximate surface area is 129 Å². The summed E-state index contributed by atoms with van der Waals surface area (Å²) in [7, 11) is 0. The van der Waals surface area contributed by atoms with E-state index in [0.29, 0.717) is 24.3 Å². The van der Waals surface area contributed by atoms with E-state index in [1.54, 1.807) is 29.5 Å². The highest BCUT2D eigenvalue weighted by atomic mass is 32.1. The first kappa shape index (κ1) is 15.4. The summed E-state index contributed by atoms with van der Waals surface area (Å²) in [6.45, 7) is 7.45. The molecule has 1 amide bonds. The predicted molar refractivity (Wildman–Crippen MR) is 90.0 cm³/mol. The molecule has 4 nitrogen and oxygen atoms in total. The van der Waals surface area contributed by atoms with Crippen LogP contribution < -0.4 is 16.4 Å². The molecule has 1 aromatic heterocycles. The van der Waals surface area contributed by atoms with Crippen LogP contribution in [0.4, 0.5) is 11.4 Å². The van der Waals surface area contributed by atoms with E-state index in [2.05, 4.69) is 30.5 Å². The Morgan fingerprint density at radius 3 is 2.67 bits per heavy atom. The molecule has 2 rings (SSSR count). The first-order valence-electron chi connectivity index (χ1n) is 6.98. The van der Waals surface area contributed by atoms with Crippen LogP contribution in [0.15, 0.2) is 24.3 Å². The standard InChI is InChI=1S/C16H21N3OS/c1-4-18-16(20)12-5-6-14(17)15(8-12)19-9-13-7-10(2)11(3)21-13/h5-8,19H,4,9,17H2,1-3H3,(H,18,20). The van der Waals surface area contributed by atoms with Gasteiger partial charge in [-0.25, -0.2) is 0 Å². The largest absolute Gasteiger partial charge is 0.397 e. The quantitative estimate of drug-likeness (QED) is 0.742. The molecule has 0 bridgehead atoms. The summed E-state index contributed by atoms with van der Waals surface area (Å²) >= 11 is 1.78. The van der Waals surface area contributed by atoms with Gasteiger partial charge in [0.05, 0.1) is 11.4 Å². The summed E-state index contributed by atoms with van der Waals surface area (Å²) in [5.74, 6) is -0.0802. The number of aryl methyl sites for hydroxylation is 2. The van der Waals surface area contributed by atoms with Crippen LogP contribution in [0.5, 0.6) is 0 Å². The lowest BCUT2D eigenvalue weighted by atomic mass is 10.1. The Hall–Kier alpha value is -2.01. The van der Waals surface area contributed by atoms with Gasteiger partial charge in [-0.1, -0.05) is 0 Å². The van der Waals surface area contributed by atoms with Gasteiger partial charge in [0.15, 0.2) is 0 Å². The van der Waals surface area contributed by atoms with Crippen LogP contribution in [-0.2, 0) is 6.54 Å². The van der Waals surface area contributed by atoms with Crippen molar-refractivity contribution in [3.8, 4) is 0 Å². The summed E-state index contributed by atoms with van der Waals surface area (Å²) in [4.78, 5) is 14.4. The van der Waals surface area contributed by atoms with Crippen LogP contribution in [0, 0.1) is 13.8 Å². The van der Waals surface area contributed by atoms with Gasteiger partial charge in [-0.15, -0.1) is 11.3 Å². The van der Waals surface area contributed by atoms with E-state index in [0.717, 1.165) is 5.69 Å². The monoisotopic (exact) mass is 303 g/mol. The van der Waals surface area contributed by atoms with Crippen LogP contribution >= 0.6 is 11.3 Å². The SMILES string of the molecule is CCNC(=O)c1ccc(N)c(NCc2cc(C)c(C)s2)c1. The molecule has 0 unspecified atom stereocenters. The van der Waals surface area contributed by atoms with Crippen molar-refractivity contribution in [2.24, 2.45) is 0 Å². The molecule has 0 aliphatic rings. The van der Waals surface area contributed by atoms with E-state index in [-0.39, 0.29) is 5.91 Å². The van der Waals surface area contributed by atoms with Crippen molar-refractivity contribution < 1.29 is 4.79 Å². The topological polar surface area (TPSA) is 67.2 Å². The number of nitrogen functional groups attached to an aromatic ring is 1. The van der Waals surface area contributed by atoms with Gasteiger partial charge in [0.25, 0.3) is 5.91 Å². The fourth-order valence-corrected chi connectivity index (χ4v) is 3.03. The predicted octanol–water partition coefficient (Wildman–Crippen LogP) is 3.31. The van der Waals surface area contributed by atoms with E-state index in [9.17, 15) is 4.79 Å². The molecule has 0 saturated heterocycles. The number of carbonyl (C=O) groups is 1. The average molecular weight is 303 g/mol. The van der Waals surface area contributed by atoms with Crippen molar-refractivity contribution in [2.45, 2.75) is 27.3 Å². The number of carbonyl (C=O) groups excluding carboxylic acids is 1. The summed E-state index contributed by atoms with van der Waals surface area (Å²) in [5.41, 5.74) is 9.34. The second-order valence-corrected chi connectivity index (χ2v) is 6.31. The maximum atomic E-state index is 11.9. The number of hydrogen-bond donors (Lipinski definition) is 3. The highest BCUT2D eigenvalue weighted by Crippen LogP contribution is 2.24. The first-order valence-corrected chi connectivity index (χ1v) is 7.80. The Morgan fingerprint density at radius 1 is 1.29 bits per heavy atom. The minimum Gasteiger partial charge on any atom is -0.397 e. The van der Waals surface area contributed by atoms with Gasteiger partial charge in [0, 0.05) is 28.4 Å². The number of thiophene rings is 1. The van der Waals surface area contributed by atoms with Gasteiger partial charge >= 0.3 is 0 Å². The van der Waals surface area contributed by atoms with Crippen LogP contribution in [-0.4, -0.2) is 12.5 Å². The molecular weight excluding hydrogens is 282 g/mol. The van der Waals surface area contributed by atoms with Crippen molar-refractivity contribution >= 4 is 28.6 Å². The zero-order valence-corrected chi connectivity index (χ0v) is 13.4. The van der Waals surface area contributed by atoms with E-state index in [1.165, 1.54) is 15.3 Å². The summed E-state index contributed by atoms with van der Waals surface area (Å²) < 4.78 is 0. The number of rotatable bonds is 5. The average Bonchev–Trinajstić information content (AvgIpc) is 2.77. The third-order valence-corrected chi connectivity index (χ3v) is 4.48.